The molecule has 1 aliphatic rings. The molecule has 0 radical (unpaired) electrons. The van der Waals surface area contributed by atoms with Gasteiger partial charge in [-0.2, -0.15) is 22.0 Å². The summed E-state index contributed by atoms with van der Waals surface area (Å²) in [7, 11) is 0. The third-order valence-electron chi connectivity index (χ3n) is 7.90. The summed E-state index contributed by atoms with van der Waals surface area (Å²) in [5.74, 6) is -10.1. The Bertz CT molecular complexity index is 1420. The van der Waals surface area contributed by atoms with Crippen LogP contribution in [0.4, 0.5) is 43.9 Å². The summed E-state index contributed by atoms with van der Waals surface area (Å²) >= 11 is 0. The van der Waals surface area contributed by atoms with Crippen molar-refractivity contribution in [3.8, 4) is 16.9 Å². The molecule has 0 aliphatic heterocycles. The minimum atomic E-state index is -5.26. The highest BCUT2D eigenvalue weighted by atomic mass is 19.4. The topological polar surface area (TPSA) is 9.23 Å². The molecule has 0 N–H and O–H groups in total. The molecule has 0 saturated heterocycles. The molecule has 3 aromatic carbocycles. The summed E-state index contributed by atoms with van der Waals surface area (Å²) in [6, 6.07) is 8.25. The van der Waals surface area contributed by atoms with Gasteiger partial charge in [-0.05, 0) is 66.3 Å². The van der Waals surface area contributed by atoms with E-state index in [1.54, 1.807) is 12.1 Å². The molecule has 0 spiro atoms. The number of halogens is 10. The maximum absolute atomic E-state index is 14.9. The molecule has 1 nitrogen and oxygen atoms in total. The maximum atomic E-state index is 14.9. The first-order valence-corrected chi connectivity index (χ1v) is 14.3. The normalized spacial score (nSPS) is 18.0. The Hall–Kier alpha value is -3.50. The second kappa shape index (κ2) is 13.6. The van der Waals surface area contributed by atoms with E-state index in [2.05, 4.69) is 11.7 Å². The smallest absolute Gasteiger partial charge is 0.429 e. The van der Waals surface area contributed by atoms with Gasteiger partial charge in [0.25, 0.3) is 0 Å². The Labute approximate surface area is 248 Å². The summed E-state index contributed by atoms with van der Waals surface area (Å²) in [6.45, 7) is 2.18. The predicted octanol–water partition coefficient (Wildman–Crippen LogP) is 11.8. The average molecular weight is 633 g/mol. The van der Waals surface area contributed by atoms with Crippen LogP contribution in [0.5, 0.6) is 5.75 Å². The lowest BCUT2D eigenvalue weighted by Gasteiger charge is -2.29. The molecule has 0 aromatic heterocycles. The van der Waals surface area contributed by atoms with Gasteiger partial charge in [0.15, 0.2) is 0 Å². The lowest BCUT2D eigenvalue weighted by atomic mass is 9.77. The van der Waals surface area contributed by atoms with Crippen molar-refractivity contribution in [1.29, 1.82) is 0 Å². The van der Waals surface area contributed by atoms with Crippen molar-refractivity contribution in [2.24, 2.45) is 5.92 Å². The van der Waals surface area contributed by atoms with Crippen LogP contribution in [-0.4, -0.2) is 6.18 Å². The first-order valence-electron chi connectivity index (χ1n) is 14.3. The standard InChI is InChI=1S/C33H30F10O/c1-2-3-4-5-19-6-8-20(9-7-19)21-10-12-22(13-11-21)23-14-27(36)31(28(37)15-23)33(42,43)44-24-16-25(34)30(26(35)17-24)29(38)18-32(39,40)41/h10-20H,2-9H2,1H3/b29-18-. The first kappa shape index (κ1) is 33.4. The molecular weight excluding hydrogens is 602 g/mol. The summed E-state index contributed by atoms with van der Waals surface area (Å²) < 4.78 is 143. The highest BCUT2D eigenvalue weighted by molar-refractivity contribution is 5.65. The Morgan fingerprint density at radius 1 is 0.773 bits per heavy atom. The Morgan fingerprint density at radius 3 is 1.86 bits per heavy atom. The van der Waals surface area contributed by atoms with Crippen LogP contribution in [-0.2, 0) is 6.11 Å². The zero-order valence-corrected chi connectivity index (χ0v) is 23.7. The van der Waals surface area contributed by atoms with Crippen LogP contribution in [0.1, 0.15) is 80.9 Å². The van der Waals surface area contributed by atoms with Crippen LogP contribution < -0.4 is 4.74 Å². The molecule has 0 unspecified atom stereocenters. The maximum Gasteiger partial charge on any atom is 0.432 e. The van der Waals surface area contributed by atoms with E-state index in [0.717, 1.165) is 37.2 Å². The molecule has 0 amide bonds. The highest BCUT2D eigenvalue weighted by Gasteiger charge is 2.42. The van der Waals surface area contributed by atoms with Crippen LogP contribution in [0, 0.1) is 29.2 Å². The third kappa shape index (κ3) is 8.15. The van der Waals surface area contributed by atoms with Gasteiger partial charge < -0.3 is 4.74 Å². The molecule has 1 aliphatic carbocycles. The number of rotatable bonds is 10. The number of hydrogen-bond donors (Lipinski definition) is 0. The monoisotopic (exact) mass is 632 g/mol. The van der Waals surface area contributed by atoms with E-state index in [1.807, 2.05) is 12.1 Å². The van der Waals surface area contributed by atoms with Crippen molar-refractivity contribution in [2.45, 2.75) is 76.5 Å². The number of ether oxygens (including phenoxy) is 1. The van der Waals surface area contributed by atoms with Crippen LogP contribution in [0.3, 0.4) is 0 Å². The van der Waals surface area contributed by atoms with E-state index in [9.17, 15) is 43.9 Å². The molecule has 11 heteroatoms. The molecule has 238 valence electrons. The van der Waals surface area contributed by atoms with Crippen LogP contribution >= 0.6 is 0 Å². The number of unbranched alkanes of at least 4 members (excludes halogenated alkanes) is 2. The zero-order chi connectivity index (χ0) is 32.2. The fraction of sp³-hybridized carbons (Fsp3) is 0.394. The minimum absolute atomic E-state index is 0.0270. The van der Waals surface area contributed by atoms with E-state index in [1.165, 1.54) is 25.7 Å². The molecule has 3 aromatic rings. The van der Waals surface area contributed by atoms with Gasteiger partial charge in [0, 0.05) is 12.1 Å². The van der Waals surface area contributed by atoms with Crippen molar-refractivity contribution in [2.75, 3.05) is 0 Å². The number of allylic oxidation sites excluding steroid dienone is 1. The molecule has 4 rings (SSSR count). The number of hydrogen-bond acceptors (Lipinski definition) is 1. The largest absolute Gasteiger partial charge is 0.432 e. The van der Waals surface area contributed by atoms with Gasteiger partial charge >= 0.3 is 12.3 Å². The average Bonchev–Trinajstić information content (AvgIpc) is 2.91. The van der Waals surface area contributed by atoms with E-state index in [4.69, 9.17) is 0 Å². The van der Waals surface area contributed by atoms with Gasteiger partial charge in [0.1, 0.15) is 40.4 Å². The van der Waals surface area contributed by atoms with Crippen molar-refractivity contribution in [3.63, 3.8) is 0 Å². The third-order valence-corrected chi connectivity index (χ3v) is 7.90. The van der Waals surface area contributed by atoms with Gasteiger partial charge in [0.2, 0.25) is 0 Å². The summed E-state index contributed by atoms with van der Waals surface area (Å²) in [5, 5.41) is 0. The summed E-state index contributed by atoms with van der Waals surface area (Å²) in [4.78, 5) is 0. The Balaban J connectivity index is 1.49. The van der Waals surface area contributed by atoms with Crippen molar-refractivity contribution in [3.05, 3.63) is 94.6 Å². The van der Waals surface area contributed by atoms with Gasteiger partial charge in [-0.1, -0.05) is 56.9 Å². The molecular formula is C33H30F10O. The minimum Gasteiger partial charge on any atom is -0.429 e. The van der Waals surface area contributed by atoms with Crippen LogP contribution in [0.25, 0.3) is 17.0 Å². The fourth-order valence-electron chi connectivity index (χ4n) is 5.68. The lowest BCUT2D eigenvalue weighted by molar-refractivity contribution is -0.189. The van der Waals surface area contributed by atoms with Gasteiger partial charge in [-0.15, -0.1) is 0 Å². The van der Waals surface area contributed by atoms with Crippen molar-refractivity contribution in [1.82, 2.24) is 0 Å². The zero-order valence-electron chi connectivity index (χ0n) is 23.7. The van der Waals surface area contributed by atoms with Crippen molar-refractivity contribution >= 4 is 5.83 Å². The molecule has 1 fully saturated rings. The summed E-state index contributed by atoms with van der Waals surface area (Å²) in [6.07, 6.45) is -1.85. The van der Waals surface area contributed by atoms with Crippen LogP contribution in [0.15, 0.2) is 54.6 Å². The molecule has 0 heterocycles. The number of alkyl halides is 5. The molecule has 0 bridgehead atoms. The van der Waals surface area contributed by atoms with Gasteiger partial charge in [0.05, 0.1) is 11.6 Å². The fourth-order valence-corrected chi connectivity index (χ4v) is 5.68. The molecule has 1 saturated carbocycles. The molecule has 0 atom stereocenters. The Kier molecular flexibility index (Phi) is 10.4. The second-order valence-corrected chi connectivity index (χ2v) is 11.1. The second-order valence-electron chi connectivity index (χ2n) is 11.1. The summed E-state index contributed by atoms with van der Waals surface area (Å²) in [5.41, 5.74) is -2.23. The van der Waals surface area contributed by atoms with Crippen molar-refractivity contribution < 1.29 is 48.6 Å². The van der Waals surface area contributed by atoms with Gasteiger partial charge in [-0.25, -0.2) is 22.0 Å². The number of benzene rings is 3. The van der Waals surface area contributed by atoms with Gasteiger partial charge in [-0.3, -0.25) is 0 Å². The van der Waals surface area contributed by atoms with Crippen LogP contribution in [0.2, 0.25) is 0 Å². The predicted molar refractivity (Wildman–Crippen MR) is 147 cm³/mol. The SMILES string of the molecule is CCCCCC1CCC(c2ccc(-c3cc(F)c(C(F)(F)Oc4cc(F)c(/C(F)=C/C(F)(F)F)c(F)c4)c(F)c3)cc2)CC1. The van der Waals surface area contributed by atoms with E-state index in [0.29, 0.717) is 23.6 Å². The lowest BCUT2D eigenvalue weighted by Crippen LogP contribution is -2.25. The first-order chi connectivity index (χ1) is 20.7. The quantitative estimate of drug-likeness (QED) is 0.160. The van der Waals surface area contributed by atoms with E-state index in [-0.39, 0.29) is 17.7 Å². The van der Waals surface area contributed by atoms with E-state index >= 15 is 0 Å². The highest BCUT2D eigenvalue weighted by Crippen LogP contribution is 2.41. The Morgan fingerprint density at radius 2 is 1.34 bits per heavy atom. The van der Waals surface area contributed by atoms with E-state index < -0.39 is 64.3 Å². The molecule has 44 heavy (non-hydrogen) atoms.